The van der Waals surface area contributed by atoms with Crippen molar-refractivity contribution in [2.24, 2.45) is 5.92 Å². The van der Waals surface area contributed by atoms with Crippen molar-refractivity contribution >= 4 is 23.4 Å². The van der Waals surface area contributed by atoms with Crippen molar-refractivity contribution in [3.05, 3.63) is 11.2 Å². The second kappa shape index (κ2) is 9.39. The number of ether oxygens (including phenoxy) is 1. The minimum absolute atomic E-state index is 0.215. The molecule has 0 aliphatic carbocycles. The zero-order valence-corrected chi connectivity index (χ0v) is 13.2. The second-order valence-corrected chi connectivity index (χ2v) is 5.26. The van der Waals surface area contributed by atoms with E-state index in [0.717, 1.165) is 19.3 Å². The summed E-state index contributed by atoms with van der Waals surface area (Å²) in [6.45, 7) is 2.79. The van der Waals surface area contributed by atoms with Crippen LogP contribution in [0.3, 0.4) is 0 Å². The molecule has 1 atom stereocenters. The van der Waals surface area contributed by atoms with Crippen LogP contribution in [-0.2, 0) is 4.79 Å². The van der Waals surface area contributed by atoms with Gasteiger partial charge in [0.2, 0.25) is 0 Å². The number of nitrogens with one attached hydrogen (secondary N) is 1. The molecule has 1 heterocycles. The average Bonchev–Trinajstić information content (AvgIpc) is 2.46. The minimum atomic E-state index is -0.743. The van der Waals surface area contributed by atoms with Gasteiger partial charge < -0.3 is 15.2 Å². The summed E-state index contributed by atoms with van der Waals surface area (Å²) in [6, 6.07) is 0.262. The van der Waals surface area contributed by atoms with Crippen LogP contribution in [0.4, 0.5) is 5.82 Å². The van der Waals surface area contributed by atoms with Gasteiger partial charge in [0, 0.05) is 13.0 Å². The predicted octanol–water partition coefficient (Wildman–Crippen LogP) is 3.22. The van der Waals surface area contributed by atoms with Crippen LogP contribution in [0.15, 0.2) is 6.20 Å². The fourth-order valence-electron chi connectivity index (χ4n) is 2.14. The highest BCUT2D eigenvalue weighted by Crippen LogP contribution is 2.22. The number of carbonyl (C=O) groups is 1. The molecule has 1 aromatic heterocycles. The van der Waals surface area contributed by atoms with Crippen molar-refractivity contribution in [3.8, 4) is 6.01 Å². The van der Waals surface area contributed by atoms with Gasteiger partial charge in [-0.3, -0.25) is 4.79 Å². The Hall–Kier alpha value is -1.56. The molecular formula is C14H22ClN3O3. The summed E-state index contributed by atoms with van der Waals surface area (Å²) in [7, 11) is 1.50. The van der Waals surface area contributed by atoms with Gasteiger partial charge in [-0.15, -0.1) is 0 Å². The summed E-state index contributed by atoms with van der Waals surface area (Å²) in [5, 5.41) is 12.4. The smallest absolute Gasteiger partial charge is 0.318 e. The Bertz CT molecular complexity index is 457. The minimum Gasteiger partial charge on any atom is -0.481 e. The van der Waals surface area contributed by atoms with Gasteiger partial charge in [-0.05, 0) is 18.8 Å². The first-order valence-electron chi connectivity index (χ1n) is 7.09. The quantitative estimate of drug-likeness (QED) is 0.689. The molecule has 0 radical (unpaired) electrons. The zero-order valence-electron chi connectivity index (χ0n) is 12.4. The molecule has 0 aromatic carbocycles. The van der Waals surface area contributed by atoms with Crippen molar-refractivity contribution in [1.29, 1.82) is 0 Å². The first-order chi connectivity index (χ1) is 10.1. The zero-order chi connectivity index (χ0) is 15.7. The van der Waals surface area contributed by atoms with E-state index in [-0.39, 0.29) is 12.4 Å². The number of aliphatic carboxylic acids is 1. The van der Waals surface area contributed by atoms with Crippen molar-refractivity contribution in [1.82, 2.24) is 9.97 Å². The monoisotopic (exact) mass is 315 g/mol. The lowest BCUT2D eigenvalue weighted by atomic mass is 9.94. The summed E-state index contributed by atoms with van der Waals surface area (Å²) in [5.41, 5.74) is 0. The number of rotatable bonds is 10. The van der Waals surface area contributed by atoms with Crippen LogP contribution in [0.2, 0.25) is 5.02 Å². The number of nitrogens with zero attached hydrogens (tertiary/aromatic N) is 2. The van der Waals surface area contributed by atoms with E-state index in [2.05, 4.69) is 22.2 Å². The average molecular weight is 316 g/mol. The number of hydrogen-bond donors (Lipinski definition) is 2. The lowest BCUT2D eigenvalue weighted by molar-refractivity contribution is -0.137. The number of carboxylic acids is 1. The molecule has 0 saturated heterocycles. The maximum atomic E-state index is 10.7. The van der Waals surface area contributed by atoms with Crippen molar-refractivity contribution < 1.29 is 14.6 Å². The van der Waals surface area contributed by atoms with E-state index in [0.29, 0.717) is 29.7 Å². The molecule has 2 N–H and O–H groups in total. The van der Waals surface area contributed by atoms with Crippen molar-refractivity contribution in [2.75, 3.05) is 19.0 Å². The molecule has 0 amide bonds. The van der Waals surface area contributed by atoms with Crippen LogP contribution < -0.4 is 10.1 Å². The Labute approximate surface area is 129 Å². The Morgan fingerprint density at radius 3 is 2.86 bits per heavy atom. The number of anilines is 1. The van der Waals surface area contributed by atoms with Crippen LogP contribution >= 0.6 is 11.6 Å². The van der Waals surface area contributed by atoms with Crippen LogP contribution in [0.5, 0.6) is 6.01 Å². The first-order valence-corrected chi connectivity index (χ1v) is 7.46. The maximum absolute atomic E-state index is 10.7. The molecule has 0 aliphatic heterocycles. The molecule has 21 heavy (non-hydrogen) atoms. The normalized spacial score (nSPS) is 12.0. The molecule has 6 nitrogen and oxygen atoms in total. The van der Waals surface area contributed by atoms with E-state index in [1.54, 1.807) is 0 Å². The van der Waals surface area contributed by atoms with Crippen molar-refractivity contribution in [3.63, 3.8) is 0 Å². The molecular weight excluding hydrogens is 294 g/mol. The van der Waals surface area contributed by atoms with Gasteiger partial charge in [0.05, 0.1) is 13.3 Å². The SMILES string of the molecule is CCCC(CCNc1nc(OC)ncc1Cl)CCC(=O)O. The van der Waals surface area contributed by atoms with Gasteiger partial charge >= 0.3 is 12.0 Å². The predicted molar refractivity (Wildman–Crippen MR) is 82.0 cm³/mol. The topological polar surface area (TPSA) is 84.3 Å². The van der Waals surface area contributed by atoms with Gasteiger partial charge in [0.25, 0.3) is 0 Å². The summed E-state index contributed by atoms with van der Waals surface area (Å²) in [5.74, 6) is 0.186. The molecule has 118 valence electrons. The maximum Gasteiger partial charge on any atom is 0.318 e. The first kappa shape index (κ1) is 17.5. The molecule has 1 rings (SSSR count). The van der Waals surface area contributed by atoms with Gasteiger partial charge in [-0.2, -0.15) is 4.98 Å². The number of halogens is 1. The van der Waals surface area contributed by atoms with E-state index in [4.69, 9.17) is 21.4 Å². The Balaban J connectivity index is 2.47. The number of carboxylic acid groups (broad SMARTS) is 1. The Morgan fingerprint density at radius 2 is 2.24 bits per heavy atom. The van der Waals surface area contributed by atoms with Crippen LogP contribution in [0.25, 0.3) is 0 Å². The van der Waals surface area contributed by atoms with Gasteiger partial charge in [0.15, 0.2) is 5.82 Å². The standard InChI is InChI=1S/C14H22ClN3O3/c1-3-4-10(5-6-12(19)20)7-8-16-13-11(15)9-17-14(18-13)21-2/h9-10H,3-8H2,1-2H3,(H,19,20)(H,16,17,18). The van der Waals surface area contributed by atoms with E-state index in [9.17, 15) is 4.79 Å². The second-order valence-electron chi connectivity index (χ2n) is 4.86. The molecule has 0 spiro atoms. The highest BCUT2D eigenvalue weighted by atomic mass is 35.5. The van der Waals surface area contributed by atoms with Gasteiger partial charge in [0.1, 0.15) is 5.02 Å². The van der Waals surface area contributed by atoms with E-state index < -0.39 is 5.97 Å². The molecule has 0 bridgehead atoms. The van der Waals surface area contributed by atoms with E-state index in [1.165, 1.54) is 13.3 Å². The molecule has 7 heteroatoms. The molecule has 0 fully saturated rings. The number of hydrogen-bond acceptors (Lipinski definition) is 5. The summed E-state index contributed by atoms with van der Waals surface area (Å²) in [6.07, 6.45) is 5.36. The van der Waals surface area contributed by atoms with Gasteiger partial charge in [-0.25, -0.2) is 4.98 Å². The van der Waals surface area contributed by atoms with E-state index >= 15 is 0 Å². The fourth-order valence-corrected chi connectivity index (χ4v) is 2.29. The third kappa shape index (κ3) is 6.62. The summed E-state index contributed by atoms with van der Waals surface area (Å²) < 4.78 is 4.95. The van der Waals surface area contributed by atoms with Crippen LogP contribution in [0, 0.1) is 5.92 Å². The van der Waals surface area contributed by atoms with Crippen LogP contribution in [0.1, 0.15) is 39.0 Å². The number of methoxy groups -OCH3 is 1. The molecule has 0 saturated carbocycles. The van der Waals surface area contributed by atoms with E-state index in [1.807, 2.05) is 0 Å². The highest BCUT2D eigenvalue weighted by molar-refractivity contribution is 6.32. The summed E-state index contributed by atoms with van der Waals surface area (Å²) >= 11 is 6.01. The molecule has 0 aliphatic rings. The lowest BCUT2D eigenvalue weighted by Gasteiger charge is -2.16. The summed E-state index contributed by atoms with van der Waals surface area (Å²) in [4.78, 5) is 18.7. The Kier molecular flexibility index (Phi) is 7.82. The van der Waals surface area contributed by atoms with Crippen molar-refractivity contribution in [2.45, 2.75) is 39.0 Å². The largest absolute Gasteiger partial charge is 0.481 e. The lowest BCUT2D eigenvalue weighted by Crippen LogP contribution is -2.12. The fraction of sp³-hybridized carbons (Fsp3) is 0.643. The highest BCUT2D eigenvalue weighted by Gasteiger charge is 2.11. The third-order valence-electron chi connectivity index (χ3n) is 3.21. The third-order valence-corrected chi connectivity index (χ3v) is 3.49. The number of aromatic nitrogens is 2. The Morgan fingerprint density at radius 1 is 1.48 bits per heavy atom. The van der Waals surface area contributed by atoms with Crippen LogP contribution in [-0.4, -0.2) is 34.7 Å². The molecule has 1 aromatic rings. The molecule has 1 unspecified atom stereocenters. The van der Waals surface area contributed by atoms with Gasteiger partial charge in [-0.1, -0.05) is 31.4 Å².